The lowest BCUT2D eigenvalue weighted by Crippen LogP contribution is -2.14. The Hall–Kier alpha value is -1.31. The van der Waals surface area contributed by atoms with E-state index in [4.69, 9.17) is 11.6 Å². The highest BCUT2D eigenvalue weighted by atomic mass is 79.9. The number of aromatic nitrogens is 1. The number of hydrogen-bond acceptors (Lipinski definition) is 4. The molecular formula is C11H8BrClN2O3S. The summed E-state index contributed by atoms with van der Waals surface area (Å²) in [6.45, 7) is 0. The minimum absolute atomic E-state index is 0.0669. The van der Waals surface area contributed by atoms with E-state index in [1.165, 1.54) is 30.5 Å². The molecule has 1 heterocycles. The first-order valence-corrected chi connectivity index (χ1v) is 7.67. The maximum absolute atomic E-state index is 12.1. The number of aromatic hydroxyl groups is 1. The van der Waals surface area contributed by atoms with Gasteiger partial charge in [-0.15, -0.1) is 0 Å². The third kappa shape index (κ3) is 3.17. The van der Waals surface area contributed by atoms with Gasteiger partial charge < -0.3 is 5.11 Å². The number of halogens is 2. The Bertz CT molecular complexity index is 722. The Morgan fingerprint density at radius 2 is 2.05 bits per heavy atom. The minimum atomic E-state index is -3.91. The molecule has 0 aliphatic rings. The molecule has 0 radical (unpaired) electrons. The smallest absolute Gasteiger partial charge is 0.264 e. The zero-order valence-electron chi connectivity index (χ0n) is 9.34. The zero-order chi connectivity index (χ0) is 14.0. The number of pyridine rings is 1. The quantitative estimate of drug-likeness (QED) is 0.878. The fraction of sp³-hybridized carbons (Fsp3) is 0. The van der Waals surface area contributed by atoms with Crippen LogP contribution >= 0.6 is 27.5 Å². The molecule has 100 valence electrons. The van der Waals surface area contributed by atoms with Gasteiger partial charge in [0.15, 0.2) is 11.6 Å². The maximum atomic E-state index is 12.1. The summed E-state index contributed by atoms with van der Waals surface area (Å²) in [4.78, 5) is 3.65. The predicted molar refractivity (Wildman–Crippen MR) is 75.9 cm³/mol. The third-order valence-electron chi connectivity index (χ3n) is 2.20. The topological polar surface area (TPSA) is 79.3 Å². The van der Waals surface area contributed by atoms with Crippen molar-refractivity contribution in [1.29, 1.82) is 0 Å². The van der Waals surface area contributed by atoms with Gasteiger partial charge in [-0.25, -0.2) is 13.4 Å². The second-order valence-electron chi connectivity index (χ2n) is 3.55. The van der Waals surface area contributed by atoms with Gasteiger partial charge in [0.25, 0.3) is 10.0 Å². The average Bonchev–Trinajstić information content (AvgIpc) is 2.31. The molecule has 2 N–H and O–H groups in total. The first kappa shape index (κ1) is 14.1. The fourth-order valence-electron chi connectivity index (χ4n) is 1.35. The predicted octanol–water partition coefficient (Wildman–Crippen LogP) is 3.00. The van der Waals surface area contributed by atoms with Gasteiger partial charge in [-0.2, -0.15) is 0 Å². The Balaban J connectivity index is 2.41. The molecule has 0 unspecified atom stereocenters. The van der Waals surface area contributed by atoms with Crippen molar-refractivity contribution >= 4 is 43.4 Å². The second kappa shape index (κ2) is 5.36. The van der Waals surface area contributed by atoms with E-state index >= 15 is 0 Å². The van der Waals surface area contributed by atoms with Crippen molar-refractivity contribution in [3.63, 3.8) is 0 Å². The molecule has 1 aromatic heterocycles. The number of hydrogen-bond donors (Lipinski definition) is 2. The van der Waals surface area contributed by atoms with Crippen LogP contribution in [0.1, 0.15) is 0 Å². The Kier molecular flexibility index (Phi) is 3.98. The zero-order valence-corrected chi connectivity index (χ0v) is 12.5. The van der Waals surface area contributed by atoms with Crippen LogP contribution in [0.3, 0.4) is 0 Å². The van der Waals surface area contributed by atoms with Gasteiger partial charge in [0.1, 0.15) is 4.90 Å². The maximum Gasteiger partial charge on any atom is 0.264 e. The van der Waals surface area contributed by atoms with Crippen LogP contribution in [0.5, 0.6) is 5.75 Å². The number of nitrogens with one attached hydrogen (secondary N) is 1. The molecule has 0 amide bonds. The SMILES string of the molecule is O=S(=O)(Nc1ncccc1O)c1ccc(Br)cc1Cl. The third-order valence-corrected chi connectivity index (χ3v) is 4.52. The second-order valence-corrected chi connectivity index (χ2v) is 6.53. The molecule has 2 rings (SSSR count). The lowest BCUT2D eigenvalue weighted by molar-refractivity contribution is 0.475. The lowest BCUT2D eigenvalue weighted by Gasteiger charge is -2.09. The number of nitrogens with zero attached hydrogens (tertiary/aromatic N) is 1. The van der Waals surface area contributed by atoms with Gasteiger partial charge in [0, 0.05) is 10.7 Å². The van der Waals surface area contributed by atoms with Crippen molar-refractivity contribution in [2.24, 2.45) is 0 Å². The summed E-state index contributed by atoms with van der Waals surface area (Å²) in [6, 6.07) is 7.19. The molecular weight excluding hydrogens is 356 g/mol. The largest absolute Gasteiger partial charge is 0.504 e. The van der Waals surface area contributed by atoms with E-state index in [1.54, 1.807) is 6.07 Å². The van der Waals surface area contributed by atoms with Crippen molar-refractivity contribution in [2.75, 3.05) is 4.72 Å². The first-order chi connectivity index (χ1) is 8.90. The molecule has 2 aromatic rings. The Morgan fingerprint density at radius 3 is 2.68 bits per heavy atom. The van der Waals surface area contributed by atoms with Crippen LogP contribution in [0, 0.1) is 0 Å². The van der Waals surface area contributed by atoms with E-state index in [2.05, 4.69) is 25.6 Å². The van der Waals surface area contributed by atoms with Crippen molar-refractivity contribution in [2.45, 2.75) is 4.90 Å². The van der Waals surface area contributed by atoms with Gasteiger partial charge >= 0.3 is 0 Å². The van der Waals surface area contributed by atoms with Crippen molar-refractivity contribution in [3.8, 4) is 5.75 Å². The fourth-order valence-corrected chi connectivity index (χ4v) is 3.41. The highest BCUT2D eigenvalue weighted by Crippen LogP contribution is 2.28. The molecule has 0 atom stereocenters. The van der Waals surface area contributed by atoms with Crippen molar-refractivity contribution in [1.82, 2.24) is 4.98 Å². The number of benzene rings is 1. The summed E-state index contributed by atoms with van der Waals surface area (Å²) in [5, 5.41) is 9.57. The molecule has 5 nitrogen and oxygen atoms in total. The summed E-state index contributed by atoms with van der Waals surface area (Å²) >= 11 is 9.08. The first-order valence-electron chi connectivity index (χ1n) is 5.02. The average molecular weight is 364 g/mol. The summed E-state index contributed by atoms with van der Waals surface area (Å²) < 4.78 is 27.1. The summed E-state index contributed by atoms with van der Waals surface area (Å²) in [5.74, 6) is -0.416. The van der Waals surface area contributed by atoms with Gasteiger partial charge in [-0.1, -0.05) is 27.5 Å². The van der Waals surface area contributed by atoms with E-state index in [9.17, 15) is 13.5 Å². The van der Waals surface area contributed by atoms with Crippen molar-refractivity contribution in [3.05, 3.63) is 46.0 Å². The van der Waals surface area contributed by atoms with E-state index in [1.807, 2.05) is 0 Å². The van der Waals surface area contributed by atoms with Crippen LogP contribution in [-0.4, -0.2) is 18.5 Å². The van der Waals surface area contributed by atoms with E-state index < -0.39 is 10.0 Å². The van der Waals surface area contributed by atoms with Crippen LogP contribution in [0.2, 0.25) is 5.02 Å². The molecule has 0 spiro atoms. The summed E-state index contributed by atoms with van der Waals surface area (Å²) in [6.07, 6.45) is 1.36. The van der Waals surface area contributed by atoms with Gasteiger partial charge in [-0.3, -0.25) is 4.72 Å². The molecule has 19 heavy (non-hydrogen) atoms. The highest BCUT2D eigenvalue weighted by molar-refractivity contribution is 9.10. The van der Waals surface area contributed by atoms with Crippen LogP contribution < -0.4 is 4.72 Å². The molecule has 0 fully saturated rings. The van der Waals surface area contributed by atoms with Gasteiger partial charge in [0.2, 0.25) is 0 Å². The van der Waals surface area contributed by atoms with Crippen molar-refractivity contribution < 1.29 is 13.5 Å². The normalized spacial score (nSPS) is 11.3. The van der Waals surface area contributed by atoms with Crippen LogP contribution in [0.15, 0.2) is 45.9 Å². The van der Waals surface area contributed by atoms with E-state index in [0.717, 1.165) is 0 Å². The number of sulfonamides is 1. The Labute approximate surface area is 123 Å². The molecule has 0 bridgehead atoms. The monoisotopic (exact) mass is 362 g/mol. The summed E-state index contributed by atoms with van der Waals surface area (Å²) in [5.41, 5.74) is 0. The van der Waals surface area contributed by atoms with Gasteiger partial charge in [0.05, 0.1) is 5.02 Å². The number of rotatable bonds is 3. The lowest BCUT2D eigenvalue weighted by atomic mass is 10.4. The molecule has 0 aliphatic heterocycles. The number of anilines is 1. The summed E-state index contributed by atoms with van der Waals surface area (Å²) in [7, 11) is -3.91. The Morgan fingerprint density at radius 1 is 1.32 bits per heavy atom. The van der Waals surface area contributed by atoms with E-state index in [0.29, 0.717) is 4.47 Å². The molecule has 8 heteroatoms. The molecule has 0 saturated heterocycles. The van der Waals surface area contributed by atoms with Crippen LogP contribution in [0.4, 0.5) is 5.82 Å². The molecule has 0 saturated carbocycles. The highest BCUT2D eigenvalue weighted by Gasteiger charge is 2.20. The molecule has 1 aromatic carbocycles. The van der Waals surface area contributed by atoms with Crippen LogP contribution in [0.25, 0.3) is 0 Å². The van der Waals surface area contributed by atoms with Crippen LogP contribution in [-0.2, 0) is 10.0 Å². The standard InChI is InChI=1S/C11H8BrClN2O3S/c12-7-3-4-10(8(13)6-7)19(17,18)15-11-9(16)2-1-5-14-11/h1-6,16H,(H,14,15). The molecule has 0 aliphatic carbocycles. The van der Waals surface area contributed by atoms with E-state index in [-0.39, 0.29) is 21.5 Å². The minimum Gasteiger partial charge on any atom is -0.504 e. The van der Waals surface area contributed by atoms with Gasteiger partial charge in [-0.05, 0) is 30.3 Å².